The number of nitrogens with one attached hydrogen (secondary N) is 1. The van der Waals surface area contributed by atoms with E-state index >= 15 is 0 Å². The largest absolute Gasteiger partial charge is 0.466 e. The van der Waals surface area contributed by atoms with E-state index in [0.29, 0.717) is 6.61 Å². The molecule has 0 bridgehead atoms. The van der Waals surface area contributed by atoms with Crippen LogP contribution in [0.25, 0.3) is 0 Å². The van der Waals surface area contributed by atoms with Crippen LogP contribution in [0, 0.1) is 6.92 Å². The number of carbonyl (C=O) groups is 2. The van der Waals surface area contributed by atoms with Crippen LogP contribution in [-0.4, -0.2) is 23.5 Å². The van der Waals surface area contributed by atoms with Crippen molar-refractivity contribution >= 4 is 23.5 Å². The fourth-order valence-electron chi connectivity index (χ4n) is 2.37. The smallest absolute Gasteiger partial charge is 0.308 e. The Kier molecular flexibility index (Phi) is 6.32. The molecule has 1 aromatic carbocycles. The molecule has 1 atom stereocenters. The Morgan fingerprint density at radius 3 is 2.62 bits per heavy atom. The first-order valence-corrected chi connectivity index (χ1v) is 8.03. The quantitative estimate of drug-likeness (QED) is 0.642. The predicted octanol–water partition coefficient (Wildman–Crippen LogP) is 3.47. The van der Waals surface area contributed by atoms with E-state index in [4.69, 9.17) is 16.3 Å². The van der Waals surface area contributed by atoms with E-state index in [1.165, 1.54) is 0 Å². The van der Waals surface area contributed by atoms with Crippen LogP contribution in [0.1, 0.15) is 41.0 Å². The van der Waals surface area contributed by atoms with Crippen molar-refractivity contribution in [3.63, 3.8) is 0 Å². The Hall–Kier alpha value is -2.40. The molecule has 126 valence electrons. The molecule has 1 aromatic heterocycles. The lowest BCUT2D eigenvalue weighted by molar-refractivity contribution is -0.143. The van der Waals surface area contributed by atoms with Gasteiger partial charge in [-0.25, -0.2) is 4.98 Å². The Morgan fingerprint density at radius 2 is 1.96 bits per heavy atom. The van der Waals surface area contributed by atoms with Crippen molar-refractivity contribution in [3.8, 4) is 0 Å². The van der Waals surface area contributed by atoms with Crippen LogP contribution in [0.3, 0.4) is 0 Å². The van der Waals surface area contributed by atoms with Gasteiger partial charge in [0.15, 0.2) is 0 Å². The monoisotopic (exact) mass is 346 g/mol. The second-order valence-electron chi connectivity index (χ2n) is 5.24. The summed E-state index contributed by atoms with van der Waals surface area (Å²) in [6.45, 7) is 3.97. The molecule has 0 aliphatic heterocycles. The highest BCUT2D eigenvalue weighted by molar-refractivity contribution is 6.29. The van der Waals surface area contributed by atoms with Crippen molar-refractivity contribution in [2.75, 3.05) is 6.61 Å². The third-order valence-corrected chi connectivity index (χ3v) is 3.70. The number of rotatable bonds is 6. The minimum Gasteiger partial charge on any atom is -0.466 e. The van der Waals surface area contributed by atoms with Crippen LogP contribution in [0.4, 0.5) is 0 Å². The van der Waals surface area contributed by atoms with Crippen LogP contribution in [-0.2, 0) is 9.53 Å². The summed E-state index contributed by atoms with van der Waals surface area (Å²) in [5, 5.41) is 3.08. The molecule has 0 unspecified atom stereocenters. The number of halogens is 1. The maximum atomic E-state index is 12.4. The van der Waals surface area contributed by atoms with Gasteiger partial charge in [-0.3, -0.25) is 9.59 Å². The number of amides is 1. The Balaban J connectivity index is 2.24. The van der Waals surface area contributed by atoms with Crippen LogP contribution >= 0.6 is 11.6 Å². The molecule has 0 fully saturated rings. The average molecular weight is 347 g/mol. The van der Waals surface area contributed by atoms with Gasteiger partial charge in [-0.1, -0.05) is 41.9 Å². The minimum absolute atomic E-state index is 0.0466. The lowest BCUT2D eigenvalue weighted by Crippen LogP contribution is -2.31. The first-order valence-electron chi connectivity index (χ1n) is 7.65. The van der Waals surface area contributed by atoms with Crippen LogP contribution in [0.2, 0.25) is 5.15 Å². The summed E-state index contributed by atoms with van der Waals surface area (Å²) >= 11 is 5.83. The van der Waals surface area contributed by atoms with E-state index in [2.05, 4.69) is 10.3 Å². The third kappa shape index (κ3) is 4.80. The van der Waals surface area contributed by atoms with E-state index in [-0.39, 0.29) is 23.2 Å². The summed E-state index contributed by atoms with van der Waals surface area (Å²) in [6, 6.07) is 11.9. The number of hydrogen-bond acceptors (Lipinski definition) is 4. The van der Waals surface area contributed by atoms with Gasteiger partial charge in [-0.15, -0.1) is 0 Å². The lowest BCUT2D eigenvalue weighted by atomic mass is 9.98. The van der Waals surface area contributed by atoms with Crippen molar-refractivity contribution in [1.29, 1.82) is 0 Å². The van der Waals surface area contributed by atoms with Gasteiger partial charge in [-0.05, 0) is 37.1 Å². The molecule has 0 aliphatic rings. The SMILES string of the molecule is CCOC(=O)C[C@H](NC(=O)c1cccc(Cl)n1)c1ccccc1C. The summed E-state index contributed by atoms with van der Waals surface area (Å²) in [5.74, 6) is -0.764. The number of nitrogens with zero attached hydrogens (tertiary/aromatic N) is 1. The number of pyridine rings is 1. The molecule has 2 rings (SSSR count). The summed E-state index contributed by atoms with van der Waals surface area (Å²) < 4.78 is 5.01. The van der Waals surface area contributed by atoms with E-state index in [0.717, 1.165) is 11.1 Å². The molecule has 2 aromatic rings. The number of aryl methyl sites for hydroxylation is 1. The molecule has 1 amide bonds. The van der Waals surface area contributed by atoms with Crippen LogP contribution in [0.5, 0.6) is 0 Å². The average Bonchev–Trinajstić information content (AvgIpc) is 2.55. The van der Waals surface area contributed by atoms with Gasteiger partial charge in [0.1, 0.15) is 10.8 Å². The van der Waals surface area contributed by atoms with E-state index in [1.54, 1.807) is 25.1 Å². The normalized spacial score (nSPS) is 11.6. The predicted molar refractivity (Wildman–Crippen MR) is 91.9 cm³/mol. The highest BCUT2D eigenvalue weighted by atomic mass is 35.5. The molecule has 0 saturated heterocycles. The molecule has 6 heteroatoms. The van der Waals surface area contributed by atoms with Gasteiger partial charge in [0.2, 0.25) is 0 Å². The van der Waals surface area contributed by atoms with Gasteiger partial charge in [0, 0.05) is 0 Å². The van der Waals surface area contributed by atoms with E-state index in [9.17, 15) is 9.59 Å². The standard InChI is InChI=1S/C18H19ClN2O3/c1-3-24-17(22)11-15(13-8-5-4-7-12(13)2)21-18(23)14-9-6-10-16(19)20-14/h4-10,15H,3,11H2,1-2H3,(H,21,23)/t15-/m0/s1. The van der Waals surface area contributed by atoms with Gasteiger partial charge in [-0.2, -0.15) is 0 Å². The second kappa shape index (κ2) is 8.45. The Bertz CT molecular complexity index is 734. The first kappa shape index (κ1) is 17.9. The second-order valence-corrected chi connectivity index (χ2v) is 5.62. The van der Waals surface area contributed by atoms with E-state index < -0.39 is 11.9 Å². The number of hydrogen-bond donors (Lipinski definition) is 1. The maximum Gasteiger partial charge on any atom is 0.308 e. The fourth-order valence-corrected chi connectivity index (χ4v) is 2.53. The van der Waals surface area contributed by atoms with Crippen molar-refractivity contribution in [1.82, 2.24) is 10.3 Å². The lowest BCUT2D eigenvalue weighted by Gasteiger charge is -2.20. The van der Waals surface area contributed by atoms with Gasteiger partial charge >= 0.3 is 5.97 Å². The zero-order valence-corrected chi connectivity index (χ0v) is 14.3. The van der Waals surface area contributed by atoms with Gasteiger partial charge in [0.05, 0.1) is 19.1 Å². The summed E-state index contributed by atoms with van der Waals surface area (Å²) in [6.07, 6.45) is 0.0466. The molecule has 0 aliphatic carbocycles. The molecule has 24 heavy (non-hydrogen) atoms. The molecule has 5 nitrogen and oxygen atoms in total. The van der Waals surface area contributed by atoms with Crippen molar-refractivity contribution in [3.05, 3.63) is 64.4 Å². The highest BCUT2D eigenvalue weighted by Gasteiger charge is 2.22. The number of carbonyl (C=O) groups excluding carboxylic acids is 2. The number of esters is 1. The van der Waals surface area contributed by atoms with Gasteiger partial charge in [0.25, 0.3) is 5.91 Å². The minimum atomic E-state index is -0.501. The first-order chi connectivity index (χ1) is 11.5. The maximum absolute atomic E-state index is 12.4. The van der Waals surface area contributed by atoms with Gasteiger partial charge < -0.3 is 10.1 Å². The summed E-state index contributed by atoms with van der Waals surface area (Å²) in [4.78, 5) is 28.3. The summed E-state index contributed by atoms with van der Waals surface area (Å²) in [7, 11) is 0. The molecule has 1 heterocycles. The van der Waals surface area contributed by atoms with Crippen molar-refractivity contribution in [2.24, 2.45) is 0 Å². The third-order valence-electron chi connectivity index (χ3n) is 3.49. The number of benzene rings is 1. The zero-order chi connectivity index (χ0) is 17.5. The van der Waals surface area contributed by atoms with Crippen molar-refractivity contribution < 1.29 is 14.3 Å². The van der Waals surface area contributed by atoms with Crippen LogP contribution in [0.15, 0.2) is 42.5 Å². The highest BCUT2D eigenvalue weighted by Crippen LogP contribution is 2.22. The molecule has 0 spiro atoms. The van der Waals surface area contributed by atoms with Crippen LogP contribution < -0.4 is 5.32 Å². The molecule has 0 radical (unpaired) electrons. The summed E-state index contributed by atoms with van der Waals surface area (Å²) in [5.41, 5.74) is 2.04. The number of ether oxygens (including phenoxy) is 1. The molecule has 1 N–H and O–H groups in total. The Morgan fingerprint density at radius 1 is 1.21 bits per heavy atom. The number of aromatic nitrogens is 1. The van der Waals surface area contributed by atoms with E-state index in [1.807, 2.05) is 31.2 Å². The van der Waals surface area contributed by atoms with Crippen molar-refractivity contribution in [2.45, 2.75) is 26.3 Å². The molecule has 0 saturated carbocycles. The topological polar surface area (TPSA) is 68.3 Å². The fraction of sp³-hybridized carbons (Fsp3) is 0.278. The molecular formula is C18H19ClN2O3. The zero-order valence-electron chi connectivity index (χ0n) is 13.6. The Labute approximate surface area is 146 Å². The molecular weight excluding hydrogens is 328 g/mol.